The number of ether oxygens (including phenoxy) is 5. The number of benzene rings is 4. The van der Waals surface area contributed by atoms with Crippen LogP contribution in [0.1, 0.15) is 45.8 Å². The summed E-state index contributed by atoms with van der Waals surface area (Å²) >= 11 is 0. The molecular weight excluding hydrogens is 723 g/mol. The van der Waals surface area contributed by atoms with Crippen LogP contribution in [0.5, 0.6) is 11.5 Å². The normalized spacial score (nSPS) is 20.8. The molecule has 7 rings (SSSR count). The SMILES string of the molecule is COCCCN1CCOc2ccc(COC3CNCC(OC(=O)c4cccc(CON(O)O)c4)C3c3ccc(OC4CCN(c5cccc(F)c5)C4)cc3)cc21. The predicted molar refractivity (Wildman–Crippen MR) is 205 cm³/mol. The topological polar surface area (TPSA) is 135 Å². The molecule has 14 heteroatoms. The van der Waals surface area contributed by atoms with Gasteiger partial charge in [0.1, 0.15) is 36.1 Å². The first-order valence-corrected chi connectivity index (χ1v) is 19.0. The Bertz CT molecular complexity index is 1900. The maximum atomic E-state index is 13.9. The first kappa shape index (κ1) is 39.4. The number of piperidine rings is 1. The molecule has 3 N–H and O–H groups in total. The zero-order chi connectivity index (χ0) is 38.9. The van der Waals surface area contributed by atoms with Gasteiger partial charge in [0.2, 0.25) is 0 Å². The van der Waals surface area contributed by atoms with Crippen LogP contribution < -0.4 is 24.6 Å². The molecule has 0 bridgehead atoms. The third kappa shape index (κ3) is 10.1. The molecule has 0 aliphatic carbocycles. The van der Waals surface area contributed by atoms with Crippen molar-refractivity contribution in [3.63, 3.8) is 0 Å². The van der Waals surface area contributed by atoms with Crippen molar-refractivity contribution in [2.75, 3.05) is 69.4 Å². The summed E-state index contributed by atoms with van der Waals surface area (Å²) in [6, 6.07) is 27.3. The Labute approximate surface area is 325 Å². The number of hydrogen-bond acceptors (Lipinski definition) is 13. The van der Waals surface area contributed by atoms with Crippen molar-refractivity contribution in [2.24, 2.45) is 0 Å². The van der Waals surface area contributed by atoms with E-state index in [0.717, 1.165) is 66.5 Å². The predicted octanol–water partition coefficient (Wildman–Crippen LogP) is 5.73. The van der Waals surface area contributed by atoms with Crippen LogP contribution in [0, 0.1) is 5.82 Å². The largest absolute Gasteiger partial charge is 0.490 e. The zero-order valence-corrected chi connectivity index (χ0v) is 31.4. The van der Waals surface area contributed by atoms with E-state index in [1.165, 1.54) is 6.07 Å². The van der Waals surface area contributed by atoms with Gasteiger partial charge >= 0.3 is 5.97 Å². The van der Waals surface area contributed by atoms with E-state index in [1.54, 1.807) is 43.5 Å². The third-order valence-electron chi connectivity index (χ3n) is 10.4. The van der Waals surface area contributed by atoms with E-state index < -0.39 is 12.1 Å². The summed E-state index contributed by atoms with van der Waals surface area (Å²) in [4.78, 5) is 22.8. The highest BCUT2D eigenvalue weighted by molar-refractivity contribution is 5.89. The number of anilines is 2. The van der Waals surface area contributed by atoms with Crippen molar-refractivity contribution in [3.8, 4) is 11.5 Å². The third-order valence-corrected chi connectivity index (χ3v) is 10.4. The first-order valence-electron chi connectivity index (χ1n) is 19.0. The smallest absolute Gasteiger partial charge is 0.338 e. The van der Waals surface area contributed by atoms with Crippen LogP contribution in [-0.2, 0) is 32.3 Å². The van der Waals surface area contributed by atoms with Gasteiger partial charge in [-0.3, -0.25) is 10.4 Å². The maximum Gasteiger partial charge on any atom is 0.338 e. The maximum absolute atomic E-state index is 13.9. The monoisotopic (exact) mass is 772 g/mol. The molecule has 2 fully saturated rings. The Morgan fingerprint density at radius 1 is 0.946 bits per heavy atom. The second kappa shape index (κ2) is 18.9. The van der Waals surface area contributed by atoms with Crippen molar-refractivity contribution >= 4 is 17.3 Å². The number of nitrogens with one attached hydrogen (secondary N) is 1. The van der Waals surface area contributed by atoms with Gasteiger partial charge < -0.3 is 38.8 Å². The molecule has 4 atom stereocenters. The molecule has 0 saturated carbocycles. The molecule has 56 heavy (non-hydrogen) atoms. The number of carbonyl (C=O) groups is 1. The van der Waals surface area contributed by atoms with E-state index in [1.807, 2.05) is 42.5 Å². The van der Waals surface area contributed by atoms with E-state index in [2.05, 4.69) is 21.2 Å². The molecule has 3 aliphatic heterocycles. The fourth-order valence-corrected chi connectivity index (χ4v) is 7.63. The van der Waals surface area contributed by atoms with Crippen LogP contribution in [0.15, 0.2) is 91.0 Å². The minimum atomic E-state index is -0.582. The number of rotatable bonds is 16. The van der Waals surface area contributed by atoms with Crippen molar-refractivity contribution in [3.05, 3.63) is 119 Å². The highest BCUT2D eigenvalue weighted by Gasteiger charge is 2.38. The van der Waals surface area contributed by atoms with Gasteiger partial charge in [-0.25, -0.2) is 14.0 Å². The minimum Gasteiger partial charge on any atom is -0.490 e. The van der Waals surface area contributed by atoms with Gasteiger partial charge in [-0.2, -0.15) is 0 Å². The van der Waals surface area contributed by atoms with Gasteiger partial charge in [0, 0.05) is 57.9 Å². The van der Waals surface area contributed by atoms with Crippen molar-refractivity contribution in [1.29, 1.82) is 0 Å². The van der Waals surface area contributed by atoms with Gasteiger partial charge in [-0.15, -0.1) is 0 Å². The number of hydrogen-bond donors (Lipinski definition) is 3. The number of esters is 1. The summed E-state index contributed by atoms with van der Waals surface area (Å²) in [6.45, 7) is 5.52. The average Bonchev–Trinajstić information content (AvgIpc) is 3.68. The number of methoxy groups -OCH3 is 1. The Kier molecular flexibility index (Phi) is 13.3. The van der Waals surface area contributed by atoms with Crippen molar-refractivity contribution < 1.29 is 48.1 Å². The summed E-state index contributed by atoms with van der Waals surface area (Å²) in [6.07, 6.45) is 0.733. The summed E-state index contributed by atoms with van der Waals surface area (Å²) < 4.78 is 44.4. The summed E-state index contributed by atoms with van der Waals surface area (Å²) in [5.74, 6) is 0.462. The Hall–Kier alpha value is -4.80. The molecule has 0 spiro atoms. The van der Waals surface area contributed by atoms with Crippen LogP contribution >= 0.6 is 0 Å². The molecule has 13 nitrogen and oxygen atoms in total. The number of fused-ring (bicyclic) bond motifs is 1. The Morgan fingerprint density at radius 2 is 1.77 bits per heavy atom. The second-order valence-electron chi connectivity index (χ2n) is 14.2. The van der Waals surface area contributed by atoms with E-state index in [0.29, 0.717) is 50.6 Å². The molecule has 0 amide bonds. The number of halogens is 1. The van der Waals surface area contributed by atoms with Gasteiger partial charge in [0.25, 0.3) is 0 Å². The van der Waals surface area contributed by atoms with Crippen LogP contribution in [0.25, 0.3) is 0 Å². The van der Waals surface area contributed by atoms with E-state index in [9.17, 15) is 9.18 Å². The lowest BCUT2D eigenvalue weighted by atomic mass is 9.85. The van der Waals surface area contributed by atoms with Gasteiger partial charge in [-0.05, 0) is 77.7 Å². The van der Waals surface area contributed by atoms with Crippen LogP contribution in [0.4, 0.5) is 15.8 Å². The molecule has 4 aromatic rings. The summed E-state index contributed by atoms with van der Waals surface area (Å²) in [5, 5.41) is 21.0. The molecule has 3 aliphatic rings. The molecule has 0 aromatic heterocycles. The second-order valence-corrected chi connectivity index (χ2v) is 14.2. The van der Waals surface area contributed by atoms with E-state index in [-0.39, 0.29) is 35.9 Å². The Balaban J connectivity index is 1.07. The van der Waals surface area contributed by atoms with Gasteiger partial charge in [0.15, 0.2) is 0 Å². The molecule has 298 valence electrons. The molecule has 2 saturated heterocycles. The standard InChI is InChI=1S/C42H49FN4O9/c1-51-19-4-16-45-18-20-52-38-14-9-30(22-37(38)45)27-53-39-24-44-25-40(56-42(48)32-6-2-5-29(21-32)28-54-47(49)50)41(39)31-10-12-35(13-11-31)55-36-15-17-46(26-36)34-8-3-7-33(43)23-34/h2-3,5-14,21-23,36,39-41,44,49-50H,4,15-20,24-28H2,1H3. The molecule has 0 radical (unpaired) electrons. The lowest BCUT2D eigenvalue weighted by Crippen LogP contribution is -2.51. The lowest BCUT2D eigenvalue weighted by Gasteiger charge is -2.38. The lowest BCUT2D eigenvalue weighted by molar-refractivity contribution is -0.497. The fourth-order valence-electron chi connectivity index (χ4n) is 7.63. The quantitative estimate of drug-likeness (QED) is 0.0728. The Morgan fingerprint density at radius 3 is 2.59 bits per heavy atom. The highest BCUT2D eigenvalue weighted by Crippen LogP contribution is 2.36. The summed E-state index contributed by atoms with van der Waals surface area (Å²) in [7, 11) is 1.71. The fraction of sp³-hybridized carbons (Fsp3) is 0.405. The highest BCUT2D eigenvalue weighted by atomic mass is 19.1. The molecule has 3 heterocycles. The number of nitrogens with zero attached hydrogens (tertiary/aromatic N) is 3. The van der Waals surface area contributed by atoms with Gasteiger partial charge in [-0.1, -0.05) is 36.4 Å². The number of carbonyl (C=O) groups excluding carboxylic acids is 1. The van der Waals surface area contributed by atoms with Crippen LogP contribution in [0.3, 0.4) is 0 Å². The summed E-state index contributed by atoms with van der Waals surface area (Å²) in [5.41, 5.74) is 4.67. The zero-order valence-electron chi connectivity index (χ0n) is 31.4. The first-order chi connectivity index (χ1) is 27.3. The average molecular weight is 773 g/mol. The van der Waals surface area contributed by atoms with E-state index in [4.69, 9.17) is 38.9 Å². The van der Waals surface area contributed by atoms with Crippen molar-refractivity contribution in [2.45, 2.75) is 50.3 Å². The minimum absolute atomic E-state index is 0.0512. The van der Waals surface area contributed by atoms with Gasteiger partial charge in [0.05, 0.1) is 49.0 Å². The van der Waals surface area contributed by atoms with Crippen molar-refractivity contribution in [1.82, 2.24) is 10.7 Å². The van der Waals surface area contributed by atoms with E-state index >= 15 is 0 Å². The van der Waals surface area contributed by atoms with Crippen LogP contribution in [-0.4, -0.2) is 99.7 Å². The van der Waals surface area contributed by atoms with Crippen LogP contribution in [0.2, 0.25) is 0 Å². The molecular formula is C42H49FN4O9. The molecule has 4 unspecified atom stereocenters. The molecule has 4 aromatic carbocycles.